The summed E-state index contributed by atoms with van der Waals surface area (Å²) in [5, 5.41) is 59.8. The van der Waals surface area contributed by atoms with Crippen LogP contribution in [0.1, 0.15) is 88.6 Å². The fraction of sp³-hybridized carbons (Fsp3) is 0.469. The second-order valence-electron chi connectivity index (χ2n) is 12.0. The first-order valence-electron chi connectivity index (χ1n) is 15.0. The van der Waals surface area contributed by atoms with Crippen molar-refractivity contribution in [2.45, 2.75) is 82.2 Å². The molecule has 1 aliphatic heterocycles. The largest absolute Gasteiger partial charge is 0.507 e. The molecule has 0 aromatic heterocycles. The van der Waals surface area contributed by atoms with Gasteiger partial charge in [-0.1, -0.05) is 12.1 Å². The van der Waals surface area contributed by atoms with Gasteiger partial charge in [-0.2, -0.15) is 5.10 Å². The number of hydrogen-bond acceptors (Lipinski definition) is 14. The predicted octanol–water partition coefficient (Wildman–Crippen LogP) is 0.274. The van der Waals surface area contributed by atoms with Gasteiger partial charge in [-0.15, -0.1) is 0 Å². The van der Waals surface area contributed by atoms with Gasteiger partial charge in [0.1, 0.15) is 28.6 Å². The molecule has 0 spiro atoms. The standard InChI is InChI=1S/C32H37N3O12/c1-13(37)7-8-21(38)35-34-20(12-36)32(44)10-16-24(19(11-32)47-22-9-17(33)27(39)14(2)46-22)31(43)26-25(29(16)41)28(40)15-5-4-6-18(45-3)23(15)30(26)42/h4-6,14,17,19,22,27,36,39,41,43-44H,7-12,33H2,1-3H3,(H,35,38)/b34-20-/t14?,17?,19-,22?,27?,32-/m0/s1. The van der Waals surface area contributed by atoms with Crippen molar-refractivity contribution in [1.29, 1.82) is 0 Å². The minimum Gasteiger partial charge on any atom is -0.507 e. The summed E-state index contributed by atoms with van der Waals surface area (Å²) < 4.78 is 17.3. The Bertz CT molecular complexity index is 1660. The average Bonchev–Trinajstić information content (AvgIpc) is 3.02. The Labute approximate surface area is 268 Å². The van der Waals surface area contributed by atoms with E-state index in [1.54, 1.807) is 6.92 Å². The molecule has 5 rings (SSSR count). The summed E-state index contributed by atoms with van der Waals surface area (Å²) in [7, 11) is 1.32. The van der Waals surface area contributed by atoms with Crippen LogP contribution in [0.2, 0.25) is 0 Å². The van der Waals surface area contributed by atoms with E-state index in [1.165, 1.54) is 32.2 Å². The number of aliphatic hydroxyl groups is 3. The second kappa shape index (κ2) is 13.1. The molecule has 15 nitrogen and oxygen atoms in total. The van der Waals surface area contributed by atoms with E-state index in [-0.39, 0.29) is 58.8 Å². The molecule has 2 aromatic rings. The van der Waals surface area contributed by atoms with Crippen LogP contribution in [-0.2, 0) is 25.5 Å². The van der Waals surface area contributed by atoms with Crippen molar-refractivity contribution in [2.75, 3.05) is 13.7 Å². The number of ketones is 3. The molecular weight excluding hydrogens is 618 g/mol. The number of nitrogens with two attached hydrogens (primary N) is 1. The van der Waals surface area contributed by atoms with Crippen LogP contribution in [-0.4, -0.2) is 98.4 Å². The molecule has 0 saturated carbocycles. The summed E-state index contributed by atoms with van der Waals surface area (Å²) in [6.07, 6.45) is -5.48. The Morgan fingerprint density at radius 3 is 2.47 bits per heavy atom. The van der Waals surface area contributed by atoms with Crippen LogP contribution in [0.4, 0.5) is 0 Å². The molecule has 1 saturated heterocycles. The molecule has 4 unspecified atom stereocenters. The van der Waals surface area contributed by atoms with Crippen LogP contribution in [0.3, 0.4) is 0 Å². The molecular formula is C32H37N3O12. The number of nitrogens with one attached hydrogen (secondary N) is 1. The first-order valence-corrected chi connectivity index (χ1v) is 15.0. The normalized spacial score (nSPS) is 27.0. The van der Waals surface area contributed by atoms with E-state index in [0.717, 1.165) is 0 Å². The minimum absolute atomic E-state index is 0.0113. The van der Waals surface area contributed by atoms with E-state index in [9.17, 15) is 44.7 Å². The van der Waals surface area contributed by atoms with Crippen molar-refractivity contribution in [2.24, 2.45) is 10.8 Å². The van der Waals surface area contributed by atoms with Gasteiger partial charge in [-0.3, -0.25) is 14.4 Å². The third-order valence-corrected chi connectivity index (χ3v) is 8.85. The maximum absolute atomic E-state index is 13.9. The number of fused-ring (bicyclic) bond motifs is 3. The number of hydrazone groups is 1. The highest BCUT2D eigenvalue weighted by Gasteiger charge is 2.49. The van der Waals surface area contributed by atoms with Crippen LogP contribution < -0.4 is 15.9 Å². The lowest BCUT2D eigenvalue weighted by molar-refractivity contribution is -0.245. The van der Waals surface area contributed by atoms with E-state index >= 15 is 0 Å². The molecule has 8 N–H and O–H groups in total. The molecule has 47 heavy (non-hydrogen) atoms. The van der Waals surface area contributed by atoms with Gasteiger partial charge in [0.05, 0.1) is 54.4 Å². The SMILES string of the molecule is COc1cccc2c1C(=O)c1c(O)c3c(c(O)c1C2=O)C[C@@](O)(/C(CO)=N\NC(=O)CCC(C)=O)C[C@@H]3OC1CC(N)C(O)C(C)O1. The van der Waals surface area contributed by atoms with Gasteiger partial charge in [-0.25, -0.2) is 5.43 Å². The van der Waals surface area contributed by atoms with Gasteiger partial charge in [0.2, 0.25) is 11.7 Å². The van der Waals surface area contributed by atoms with Gasteiger partial charge in [-0.05, 0) is 19.9 Å². The summed E-state index contributed by atoms with van der Waals surface area (Å²) in [6, 6.07) is 3.58. The molecule has 252 valence electrons. The number of aromatic hydroxyl groups is 2. The lowest BCUT2D eigenvalue weighted by Crippen LogP contribution is -2.53. The molecule has 1 heterocycles. The molecule has 1 fully saturated rings. The summed E-state index contributed by atoms with van der Waals surface area (Å²) in [4.78, 5) is 51.2. The second-order valence-corrected chi connectivity index (χ2v) is 12.0. The number of nitrogens with zero attached hydrogens (tertiary/aromatic N) is 1. The average molecular weight is 656 g/mol. The van der Waals surface area contributed by atoms with Crippen LogP contribution in [0.15, 0.2) is 23.3 Å². The number of benzene rings is 2. The molecule has 0 bridgehead atoms. The Morgan fingerprint density at radius 1 is 1.13 bits per heavy atom. The third kappa shape index (κ3) is 6.13. The Kier molecular flexibility index (Phi) is 9.50. The van der Waals surface area contributed by atoms with E-state index in [1.807, 2.05) is 0 Å². The van der Waals surface area contributed by atoms with E-state index in [2.05, 4.69) is 10.5 Å². The van der Waals surface area contributed by atoms with Crippen molar-refractivity contribution in [1.82, 2.24) is 5.43 Å². The number of phenolic OH excluding ortho intramolecular Hbond substituents is 2. The number of methoxy groups -OCH3 is 1. The Balaban J connectivity index is 1.63. The predicted molar refractivity (Wildman–Crippen MR) is 162 cm³/mol. The smallest absolute Gasteiger partial charge is 0.240 e. The van der Waals surface area contributed by atoms with Crippen molar-refractivity contribution in [3.63, 3.8) is 0 Å². The lowest BCUT2D eigenvalue weighted by atomic mass is 9.71. The van der Waals surface area contributed by atoms with Gasteiger partial charge in [0.15, 0.2) is 12.1 Å². The Morgan fingerprint density at radius 2 is 1.83 bits per heavy atom. The van der Waals surface area contributed by atoms with Crippen LogP contribution in [0.5, 0.6) is 17.2 Å². The molecule has 2 aliphatic carbocycles. The fourth-order valence-electron chi connectivity index (χ4n) is 6.37. The summed E-state index contributed by atoms with van der Waals surface area (Å²) >= 11 is 0. The molecule has 2 aromatic carbocycles. The molecule has 3 aliphatic rings. The number of carbonyl (C=O) groups is 4. The monoisotopic (exact) mass is 655 g/mol. The van der Waals surface area contributed by atoms with Gasteiger partial charge in [0, 0.05) is 54.8 Å². The minimum atomic E-state index is -2.15. The number of rotatable bonds is 9. The number of amides is 1. The number of phenols is 2. The molecule has 1 amide bonds. The zero-order valence-corrected chi connectivity index (χ0v) is 26.0. The quantitative estimate of drug-likeness (QED) is 0.0931. The van der Waals surface area contributed by atoms with E-state index in [0.29, 0.717) is 0 Å². The molecule has 0 radical (unpaired) electrons. The first-order chi connectivity index (χ1) is 22.2. The van der Waals surface area contributed by atoms with Crippen molar-refractivity contribution >= 4 is 29.0 Å². The molecule has 15 heteroatoms. The molecule has 6 atom stereocenters. The van der Waals surface area contributed by atoms with Crippen molar-refractivity contribution < 1.29 is 58.9 Å². The number of carbonyl (C=O) groups excluding carboxylic acids is 4. The topological polar surface area (TPSA) is 248 Å². The van der Waals surface area contributed by atoms with Crippen molar-refractivity contribution in [3.05, 3.63) is 51.6 Å². The highest BCUT2D eigenvalue weighted by Crippen LogP contribution is 2.52. The van der Waals surface area contributed by atoms with E-state index < -0.39 is 95.8 Å². The van der Waals surface area contributed by atoms with Gasteiger partial charge in [0.25, 0.3) is 0 Å². The third-order valence-electron chi connectivity index (χ3n) is 8.85. The maximum atomic E-state index is 13.9. The van der Waals surface area contributed by atoms with Gasteiger partial charge >= 0.3 is 0 Å². The number of aliphatic hydroxyl groups excluding tert-OH is 2. The highest BCUT2D eigenvalue weighted by atomic mass is 16.7. The maximum Gasteiger partial charge on any atom is 0.240 e. The highest BCUT2D eigenvalue weighted by molar-refractivity contribution is 6.31. The van der Waals surface area contributed by atoms with Crippen LogP contribution >= 0.6 is 0 Å². The van der Waals surface area contributed by atoms with Crippen LogP contribution in [0.25, 0.3) is 0 Å². The van der Waals surface area contributed by atoms with Gasteiger partial charge < -0.3 is 50.3 Å². The lowest BCUT2D eigenvalue weighted by Gasteiger charge is -2.43. The fourth-order valence-corrected chi connectivity index (χ4v) is 6.37. The Hall–Kier alpha value is -4.25. The summed E-state index contributed by atoms with van der Waals surface area (Å²) in [5.74, 6) is -3.77. The van der Waals surface area contributed by atoms with Crippen molar-refractivity contribution in [3.8, 4) is 17.2 Å². The van der Waals surface area contributed by atoms with Crippen LogP contribution in [0, 0.1) is 0 Å². The first kappa shape index (κ1) is 34.1. The zero-order chi connectivity index (χ0) is 34.4. The summed E-state index contributed by atoms with van der Waals surface area (Å²) in [6.45, 7) is 2.02. The summed E-state index contributed by atoms with van der Waals surface area (Å²) in [5.41, 5.74) is 4.33. The van der Waals surface area contributed by atoms with E-state index in [4.69, 9.17) is 19.9 Å². The number of ether oxygens (including phenoxy) is 3. The zero-order valence-electron chi connectivity index (χ0n) is 26.0. The number of hydrogen-bond donors (Lipinski definition) is 7. The number of Topliss-reactive ketones (excluding diaryl/α,β-unsaturated/α-hetero) is 1.